The largest absolute Gasteiger partial charge is 0.315 e. The molecule has 2 rings (SSSR count). The monoisotopic (exact) mass is 236 g/mol. The second kappa shape index (κ2) is 6.12. The molecule has 17 heavy (non-hydrogen) atoms. The molecule has 0 bridgehead atoms. The molecule has 0 radical (unpaired) electrons. The Morgan fingerprint density at radius 2 is 2.35 bits per heavy atom. The molecule has 0 amide bonds. The van der Waals surface area contributed by atoms with Gasteiger partial charge in [0.15, 0.2) is 0 Å². The topological polar surface area (TPSA) is 15.3 Å². The third-order valence-corrected chi connectivity index (χ3v) is 3.27. The summed E-state index contributed by atoms with van der Waals surface area (Å²) in [5.74, 6) is 0.568. The molecule has 1 unspecified atom stereocenters. The summed E-state index contributed by atoms with van der Waals surface area (Å²) in [6, 6.07) is 6.93. The van der Waals surface area contributed by atoms with Gasteiger partial charge in [0.25, 0.3) is 0 Å². The van der Waals surface area contributed by atoms with E-state index in [0.717, 1.165) is 44.7 Å². The van der Waals surface area contributed by atoms with E-state index in [0.29, 0.717) is 5.92 Å². The zero-order valence-corrected chi connectivity index (χ0v) is 10.5. The van der Waals surface area contributed by atoms with Gasteiger partial charge in [-0.3, -0.25) is 0 Å². The van der Waals surface area contributed by atoms with Crippen molar-refractivity contribution in [2.75, 3.05) is 32.7 Å². The second-order valence-corrected chi connectivity index (χ2v) is 4.99. The molecule has 1 atom stereocenters. The first-order valence-corrected chi connectivity index (χ1v) is 6.41. The first-order chi connectivity index (χ1) is 8.24. The van der Waals surface area contributed by atoms with Crippen LogP contribution in [0.1, 0.15) is 12.5 Å². The van der Waals surface area contributed by atoms with Crippen LogP contribution in [0.4, 0.5) is 4.39 Å². The van der Waals surface area contributed by atoms with Gasteiger partial charge in [0.1, 0.15) is 5.82 Å². The normalized spacial score (nSPS) is 22.4. The van der Waals surface area contributed by atoms with Crippen molar-refractivity contribution in [3.63, 3.8) is 0 Å². The molecule has 1 saturated heterocycles. The van der Waals surface area contributed by atoms with E-state index in [-0.39, 0.29) is 5.82 Å². The van der Waals surface area contributed by atoms with Gasteiger partial charge in [-0.2, -0.15) is 0 Å². The Morgan fingerprint density at radius 1 is 1.47 bits per heavy atom. The average Bonchev–Trinajstić information content (AvgIpc) is 2.51. The third kappa shape index (κ3) is 4.10. The lowest BCUT2D eigenvalue weighted by Crippen LogP contribution is -2.31. The molecule has 0 aliphatic carbocycles. The molecule has 1 fully saturated rings. The van der Waals surface area contributed by atoms with Crippen LogP contribution in [-0.4, -0.2) is 37.6 Å². The number of halogens is 1. The Kier molecular flexibility index (Phi) is 4.51. The zero-order chi connectivity index (χ0) is 12.1. The van der Waals surface area contributed by atoms with Gasteiger partial charge in [0.05, 0.1) is 0 Å². The van der Waals surface area contributed by atoms with Crippen molar-refractivity contribution in [1.82, 2.24) is 10.2 Å². The standard InChI is InChI=1S/C14H21FN2/c1-12-10-16-6-8-17(11-12)7-5-13-3-2-4-14(15)9-13/h2-4,9,12,16H,5-8,10-11H2,1H3. The van der Waals surface area contributed by atoms with Crippen LogP contribution in [0.25, 0.3) is 0 Å². The lowest BCUT2D eigenvalue weighted by molar-refractivity contribution is 0.268. The quantitative estimate of drug-likeness (QED) is 0.862. The Balaban J connectivity index is 1.84. The highest BCUT2D eigenvalue weighted by atomic mass is 19.1. The zero-order valence-electron chi connectivity index (χ0n) is 10.5. The minimum absolute atomic E-state index is 0.131. The number of hydrogen-bond donors (Lipinski definition) is 1. The van der Waals surface area contributed by atoms with Crippen LogP contribution < -0.4 is 5.32 Å². The van der Waals surface area contributed by atoms with Crippen molar-refractivity contribution in [2.24, 2.45) is 5.92 Å². The second-order valence-electron chi connectivity index (χ2n) is 4.99. The van der Waals surface area contributed by atoms with Crippen molar-refractivity contribution in [3.8, 4) is 0 Å². The molecule has 1 aromatic rings. The number of hydrogen-bond acceptors (Lipinski definition) is 2. The highest BCUT2D eigenvalue weighted by Gasteiger charge is 2.13. The SMILES string of the molecule is CC1CNCCN(CCc2cccc(F)c2)C1. The van der Waals surface area contributed by atoms with Crippen molar-refractivity contribution in [2.45, 2.75) is 13.3 Å². The van der Waals surface area contributed by atoms with Crippen LogP contribution in [0.15, 0.2) is 24.3 Å². The van der Waals surface area contributed by atoms with Gasteiger partial charge < -0.3 is 10.2 Å². The minimum Gasteiger partial charge on any atom is -0.315 e. The van der Waals surface area contributed by atoms with Crippen LogP contribution in [0, 0.1) is 11.7 Å². The summed E-state index contributed by atoms with van der Waals surface area (Å²) >= 11 is 0. The summed E-state index contributed by atoms with van der Waals surface area (Å²) in [6.45, 7) is 7.70. The van der Waals surface area contributed by atoms with E-state index in [1.54, 1.807) is 12.1 Å². The number of nitrogens with one attached hydrogen (secondary N) is 1. The molecule has 3 heteroatoms. The molecule has 1 aliphatic rings. The number of benzene rings is 1. The van der Waals surface area contributed by atoms with Gasteiger partial charge in [-0.1, -0.05) is 19.1 Å². The predicted octanol–water partition coefficient (Wildman–Crippen LogP) is 1.91. The van der Waals surface area contributed by atoms with E-state index in [1.165, 1.54) is 6.07 Å². The summed E-state index contributed by atoms with van der Waals surface area (Å²) in [6.07, 6.45) is 0.935. The van der Waals surface area contributed by atoms with Crippen LogP contribution in [0.3, 0.4) is 0 Å². The van der Waals surface area contributed by atoms with Crippen molar-refractivity contribution < 1.29 is 4.39 Å². The molecule has 0 saturated carbocycles. The van der Waals surface area contributed by atoms with Crippen molar-refractivity contribution >= 4 is 0 Å². The Labute approximate surface area is 103 Å². The van der Waals surface area contributed by atoms with E-state index in [1.807, 2.05) is 6.07 Å². The molecule has 2 nitrogen and oxygen atoms in total. The molecule has 1 heterocycles. The predicted molar refractivity (Wildman–Crippen MR) is 68.6 cm³/mol. The lowest BCUT2D eigenvalue weighted by Gasteiger charge is -2.21. The highest BCUT2D eigenvalue weighted by molar-refractivity contribution is 5.16. The summed E-state index contributed by atoms with van der Waals surface area (Å²) in [5.41, 5.74) is 1.09. The fraction of sp³-hybridized carbons (Fsp3) is 0.571. The molecule has 94 valence electrons. The van der Waals surface area contributed by atoms with Gasteiger partial charge in [0.2, 0.25) is 0 Å². The third-order valence-electron chi connectivity index (χ3n) is 3.27. The number of nitrogens with zero attached hydrogens (tertiary/aromatic N) is 1. The van der Waals surface area contributed by atoms with E-state index >= 15 is 0 Å². The highest BCUT2D eigenvalue weighted by Crippen LogP contribution is 2.07. The minimum atomic E-state index is -0.131. The Morgan fingerprint density at radius 3 is 3.18 bits per heavy atom. The van der Waals surface area contributed by atoms with Crippen LogP contribution in [0.2, 0.25) is 0 Å². The van der Waals surface area contributed by atoms with Crippen LogP contribution in [-0.2, 0) is 6.42 Å². The number of rotatable bonds is 3. The van der Waals surface area contributed by atoms with Gasteiger partial charge in [0, 0.05) is 26.2 Å². The fourth-order valence-electron chi connectivity index (χ4n) is 2.37. The Hall–Kier alpha value is -0.930. The van der Waals surface area contributed by atoms with E-state index in [2.05, 4.69) is 17.1 Å². The maximum atomic E-state index is 13.0. The van der Waals surface area contributed by atoms with Gasteiger partial charge >= 0.3 is 0 Å². The summed E-state index contributed by atoms with van der Waals surface area (Å²) < 4.78 is 13.0. The van der Waals surface area contributed by atoms with E-state index < -0.39 is 0 Å². The summed E-state index contributed by atoms with van der Waals surface area (Å²) in [7, 11) is 0. The molecule has 1 N–H and O–H groups in total. The molecular weight excluding hydrogens is 215 g/mol. The van der Waals surface area contributed by atoms with Crippen molar-refractivity contribution in [1.29, 1.82) is 0 Å². The van der Waals surface area contributed by atoms with Crippen molar-refractivity contribution in [3.05, 3.63) is 35.6 Å². The van der Waals surface area contributed by atoms with Crippen LogP contribution in [0.5, 0.6) is 0 Å². The molecule has 1 aliphatic heterocycles. The average molecular weight is 236 g/mol. The van der Waals surface area contributed by atoms with E-state index in [9.17, 15) is 4.39 Å². The maximum Gasteiger partial charge on any atom is 0.123 e. The van der Waals surface area contributed by atoms with Gasteiger partial charge in [-0.25, -0.2) is 4.39 Å². The first-order valence-electron chi connectivity index (χ1n) is 6.41. The molecular formula is C14H21FN2. The smallest absolute Gasteiger partial charge is 0.123 e. The summed E-state index contributed by atoms with van der Waals surface area (Å²) in [5, 5.41) is 3.43. The lowest BCUT2D eigenvalue weighted by atomic mass is 10.1. The molecule has 1 aromatic carbocycles. The van der Waals surface area contributed by atoms with E-state index in [4.69, 9.17) is 0 Å². The summed E-state index contributed by atoms with van der Waals surface area (Å²) in [4.78, 5) is 2.47. The van der Waals surface area contributed by atoms with Crippen LogP contribution >= 0.6 is 0 Å². The first kappa shape index (κ1) is 12.5. The fourth-order valence-corrected chi connectivity index (χ4v) is 2.37. The maximum absolute atomic E-state index is 13.0. The molecule has 0 aromatic heterocycles. The molecule has 0 spiro atoms. The van der Waals surface area contributed by atoms with Gasteiger partial charge in [-0.15, -0.1) is 0 Å². The Bertz CT molecular complexity index is 354. The van der Waals surface area contributed by atoms with Gasteiger partial charge in [-0.05, 0) is 36.6 Å².